The molecule has 0 saturated heterocycles. The topological polar surface area (TPSA) is 96.5 Å². The van der Waals surface area contributed by atoms with Crippen molar-refractivity contribution in [3.8, 4) is 0 Å². The number of amides is 3. The van der Waals surface area contributed by atoms with Gasteiger partial charge in [-0.05, 0) is 61.9 Å². The number of hydrogen-bond acceptors (Lipinski definition) is 4. The predicted molar refractivity (Wildman–Crippen MR) is 166 cm³/mol. The predicted octanol–water partition coefficient (Wildman–Crippen LogP) is 8.72. The van der Waals surface area contributed by atoms with Crippen LogP contribution in [0.15, 0.2) is 42.5 Å². The second-order valence-electron chi connectivity index (χ2n) is 9.44. The van der Waals surface area contributed by atoms with E-state index in [1.807, 2.05) is 0 Å². The van der Waals surface area contributed by atoms with Crippen LogP contribution in [0.3, 0.4) is 0 Å². The Hall–Kier alpha value is -2.37. The van der Waals surface area contributed by atoms with Crippen molar-refractivity contribution in [2.24, 2.45) is 5.92 Å². The molecule has 0 radical (unpaired) electrons. The highest BCUT2D eigenvalue weighted by atomic mass is 35.5. The van der Waals surface area contributed by atoms with E-state index in [1.54, 1.807) is 6.92 Å². The maximum absolute atomic E-state index is 15.1. The Morgan fingerprint density at radius 1 is 0.930 bits per heavy atom. The van der Waals surface area contributed by atoms with Crippen LogP contribution >= 0.6 is 69.6 Å². The van der Waals surface area contributed by atoms with E-state index in [1.165, 1.54) is 37.3 Å². The van der Waals surface area contributed by atoms with Gasteiger partial charge in [0, 0.05) is 18.2 Å². The summed E-state index contributed by atoms with van der Waals surface area (Å²) in [6.07, 6.45) is -0.978. The third kappa shape index (κ3) is 7.14. The summed E-state index contributed by atoms with van der Waals surface area (Å²) in [4.78, 5) is 38.4. The van der Waals surface area contributed by atoms with E-state index in [0.717, 1.165) is 12.1 Å². The summed E-state index contributed by atoms with van der Waals surface area (Å²) in [7, 11) is 0. The average molecular weight is 714 g/mol. The van der Waals surface area contributed by atoms with Gasteiger partial charge < -0.3 is 20.7 Å². The SMILES string of the molecule is CCOC(C)C(=O)Nc1c(F)ccc(NC(=O)c2cc(NC(=O)C3[C@H](c4cc(Cl)c(Cl)c(Cl)c4)C3(Cl)Cl)ccc2Cl)c1F. The highest BCUT2D eigenvalue weighted by Gasteiger charge is 2.67. The number of nitrogens with one attached hydrogen (secondary N) is 3. The van der Waals surface area contributed by atoms with E-state index in [2.05, 4.69) is 16.0 Å². The molecule has 1 fully saturated rings. The van der Waals surface area contributed by atoms with Gasteiger partial charge in [0.05, 0.1) is 37.3 Å². The van der Waals surface area contributed by atoms with Crippen LogP contribution in [0.2, 0.25) is 20.1 Å². The molecule has 1 aliphatic rings. The molecule has 7 nitrogen and oxygen atoms in total. The molecule has 4 rings (SSSR count). The van der Waals surface area contributed by atoms with E-state index < -0.39 is 63.0 Å². The van der Waals surface area contributed by atoms with Crippen LogP contribution in [0.5, 0.6) is 0 Å². The van der Waals surface area contributed by atoms with Crippen LogP contribution in [0.1, 0.15) is 35.7 Å². The van der Waals surface area contributed by atoms with Crippen molar-refractivity contribution < 1.29 is 27.9 Å². The number of ether oxygens (including phenoxy) is 1. The summed E-state index contributed by atoms with van der Waals surface area (Å²) in [5.41, 5.74) is -0.699. The first kappa shape index (κ1) is 33.5. The van der Waals surface area contributed by atoms with Crippen LogP contribution in [0.25, 0.3) is 0 Å². The van der Waals surface area contributed by atoms with Crippen molar-refractivity contribution in [2.75, 3.05) is 22.6 Å². The molecule has 0 aliphatic heterocycles. The van der Waals surface area contributed by atoms with Crippen LogP contribution in [0.4, 0.5) is 25.8 Å². The monoisotopic (exact) mass is 711 g/mol. The first-order valence-corrected chi connectivity index (χ1v) is 14.8. The van der Waals surface area contributed by atoms with E-state index in [9.17, 15) is 18.8 Å². The second kappa shape index (κ2) is 13.3. The smallest absolute Gasteiger partial charge is 0.257 e. The standard InChI is InChI=1S/C28H21Cl6F2N3O4/c1-3-43-11(2)25(40)39-24-18(35)6-7-19(23(24)36)38-26(41)14-10-13(4-5-15(14)29)37-27(42)21-20(28(21,33)34)12-8-16(30)22(32)17(31)9-12/h4-11,20-21H,3H2,1-2H3,(H,37,42)(H,38,41)(H,39,40)/t11?,20-,21?/m0/s1. The molecule has 3 amide bonds. The Morgan fingerprint density at radius 2 is 1.58 bits per heavy atom. The van der Waals surface area contributed by atoms with Crippen molar-refractivity contribution in [2.45, 2.75) is 30.2 Å². The third-order valence-electron chi connectivity index (χ3n) is 6.55. The molecule has 15 heteroatoms. The number of hydrogen-bond donors (Lipinski definition) is 3. The zero-order valence-corrected chi connectivity index (χ0v) is 26.7. The summed E-state index contributed by atoms with van der Waals surface area (Å²) in [5.74, 6) is -6.11. The highest BCUT2D eigenvalue weighted by Crippen LogP contribution is 2.65. The summed E-state index contributed by atoms with van der Waals surface area (Å²) < 4.78 is 33.1. The van der Waals surface area contributed by atoms with Gasteiger partial charge in [-0.15, -0.1) is 23.2 Å². The molecule has 0 spiro atoms. The van der Waals surface area contributed by atoms with Gasteiger partial charge >= 0.3 is 0 Å². The Bertz CT molecular complexity index is 1600. The average Bonchev–Trinajstić information content (AvgIpc) is 3.53. The number of alkyl halides is 2. The van der Waals surface area contributed by atoms with Crippen LogP contribution < -0.4 is 16.0 Å². The lowest BCUT2D eigenvalue weighted by atomic mass is 10.1. The van der Waals surface area contributed by atoms with Crippen LogP contribution in [-0.2, 0) is 14.3 Å². The molecule has 1 aliphatic carbocycles. The Labute approximate surface area is 275 Å². The number of benzene rings is 3. The quantitative estimate of drug-likeness (QED) is 0.153. The van der Waals surface area contributed by atoms with Crippen molar-refractivity contribution >= 4 is 104 Å². The van der Waals surface area contributed by atoms with E-state index in [-0.39, 0.29) is 37.9 Å². The maximum Gasteiger partial charge on any atom is 0.257 e. The fourth-order valence-electron chi connectivity index (χ4n) is 4.32. The molecule has 43 heavy (non-hydrogen) atoms. The minimum absolute atomic E-state index is 0.0316. The van der Waals surface area contributed by atoms with Crippen molar-refractivity contribution in [1.82, 2.24) is 0 Å². The lowest BCUT2D eigenvalue weighted by Crippen LogP contribution is -2.28. The number of carbonyl (C=O) groups is 3. The lowest BCUT2D eigenvalue weighted by molar-refractivity contribution is -0.126. The number of carbonyl (C=O) groups excluding carboxylic acids is 3. The van der Waals surface area contributed by atoms with E-state index in [4.69, 9.17) is 74.3 Å². The fraction of sp³-hybridized carbons (Fsp3) is 0.250. The van der Waals surface area contributed by atoms with Gasteiger partial charge in [-0.2, -0.15) is 0 Å². The zero-order chi connectivity index (χ0) is 31.8. The minimum Gasteiger partial charge on any atom is -0.369 e. The summed E-state index contributed by atoms with van der Waals surface area (Å²) in [5, 5.41) is 7.50. The first-order valence-electron chi connectivity index (χ1n) is 12.5. The van der Waals surface area contributed by atoms with Gasteiger partial charge in [0.2, 0.25) is 5.91 Å². The highest BCUT2D eigenvalue weighted by molar-refractivity contribution is 6.54. The molecule has 3 N–H and O–H groups in total. The van der Waals surface area contributed by atoms with Crippen molar-refractivity contribution in [3.05, 3.63) is 85.3 Å². The summed E-state index contributed by atoms with van der Waals surface area (Å²) >= 11 is 37.3. The van der Waals surface area contributed by atoms with E-state index in [0.29, 0.717) is 5.56 Å². The zero-order valence-electron chi connectivity index (χ0n) is 22.1. The van der Waals surface area contributed by atoms with Crippen LogP contribution in [0, 0.1) is 17.6 Å². The Kier molecular flexibility index (Phi) is 10.4. The maximum atomic E-state index is 15.1. The molecule has 0 aromatic heterocycles. The van der Waals surface area contributed by atoms with Gasteiger partial charge in [0.1, 0.15) is 21.9 Å². The number of halogens is 8. The second-order valence-corrected chi connectivity index (χ2v) is 12.5. The van der Waals surface area contributed by atoms with Crippen molar-refractivity contribution in [3.63, 3.8) is 0 Å². The first-order chi connectivity index (χ1) is 20.2. The molecule has 0 heterocycles. The summed E-state index contributed by atoms with van der Waals surface area (Å²) in [6, 6.07) is 8.90. The molecule has 2 unspecified atom stereocenters. The molecular formula is C28H21Cl6F2N3O4. The van der Waals surface area contributed by atoms with Crippen molar-refractivity contribution in [1.29, 1.82) is 0 Å². The normalized spacial score (nSPS) is 17.6. The van der Waals surface area contributed by atoms with Gasteiger partial charge in [-0.1, -0.05) is 46.4 Å². The molecule has 0 bridgehead atoms. The van der Waals surface area contributed by atoms with Crippen LogP contribution in [-0.4, -0.2) is 34.8 Å². The third-order valence-corrected chi connectivity index (χ3v) is 9.02. The summed E-state index contributed by atoms with van der Waals surface area (Å²) in [6.45, 7) is 3.29. The molecule has 1 saturated carbocycles. The fourth-order valence-corrected chi connectivity index (χ4v) is 5.97. The minimum atomic E-state index is -1.48. The van der Waals surface area contributed by atoms with Gasteiger partial charge in [-0.3, -0.25) is 14.4 Å². The van der Waals surface area contributed by atoms with E-state index >= 15 is 4.39 Å². The molecular weight excluding hydrogens is 693 g/mol. The van der Waals surface area contributed by atoms with Gasteiger partial charge in [0.25, 0.3) is 11.8 Å². The largest absolute Gasteiger partial charge is 0.369 e. The number of anilines is 3. The Balaban J connectivity index is 1.51. The number of rotatable bonds is 9. The molecule has 3 aromatic carbocycles. The van der Waals surface area contributed by atoms with Gasteiger partial charge in [-0.25, -0.2) is 8.78 Å². The molecule has 228 valence electrons. The Morgan fingerprint density at radius 3 is 2.21 bits per heavy atom. The molecule has 3 aromatic rings. The van der Waals surface area contributed by atoms with Gasteiger partial charge in [0.15, 0.2) is 5.82 Å². The molecule has 3 atom stereocenters. The lowest BCUT2D eigenvalue weighted by Gasteiger charge is -2.15.